The Morgan fingerprint density at radius 1 is 1.29 bits per heavy atom. The number of imide groups is 1. The topological polar surface area (TPSA) is 91.7 Å². The molecule has 2 N–H and O–H groups in total. The van der Waals surface area contributed by atoms with E-state index in [-0.39, 0.29) is 12.8 Å². The molecule has 17 heavy (non-hydrogen) atoms. The minimum Gasteiger partial charge on any atom is -0.477 e. The number of likely N-dealkylation sites (tertiary alicyclic amines) is 1. The molecule has 0 aliphatic carbocycles. The van der Waals surface area contributed by atoms with Crippen molar-refractivity contribution >= 4 is 18.0 Å². The Bertz CT molecular complexity index is 397. The third-order valence-corrected chi connectivity index (χ3v) is 3.69. The van der Waals surface area contributed by atoms with Crippen molar-refractivity contribution < 1.29 is 29.1 Å². The van der Waals surface area contributed by atoms with Crippen molar-refractivity contribution in [1.29, 1.82) is 0 Å². The van der Waals surface area contributed by atoms with Crippen LogP contribution in [0, 0.1) is 0 Å². The summed E-state index contributed by atoms with van der Waals surface area (Å²) in [5.74, 6) is -1.80. The highest BCUT2D eigenvalue weighted by Crippen LogP contribution is 2.45. The van der Waals surface area contributed by atoms with Gasteiger partial charge in [0.15, 0.2) is 0 Å². The van der Waals surface area contributed by atoms with Crippen molar-refractivity contribution in [2.24, 2.45) is 0 Å². The predicted octanol–water partition coefficient (Wildman–Crippen LogP) is 1.44. The Morgan fingerprint density at radius 2 is 1.76 bits per heavy atom. The van der Waals surface area contributed by atoms with E-state index >= 15 is 0 Å². The standard InChI is InChI=1S/C11H17NO5/c1-10(2,3)12(9(16)17)7(13)5-6-11(12,4)8(14)15/h5-6H2,1-4H3,(H-,14,15,16,17)/p+1/t11-,12-/m0/s1. The van der Waals surface area contributed by atoms with Crippen LogP contribution in [0.2, 0.25) is 0 Å². The van der Waals surface area contributed by atoms with E-state index in [1.165, 1.54) is 6.92 Å². The zero-order valence-electron chi connectivity index (χ0n) is 10.5. The molecule has 0 aromatic rings. The summed E-state index contributed by atoms with van der Waals surface area (Å²) < 4.78 is -1.05. The summed E-state index contributed by atoms with van der Waals surface area (Å²) in [6.07, 6.45) is -1.37. The maximum Gasteiger partial charge on any atom is 0.522 e. The van der Waals surface area contributed by atoms with Crippen molar-refractivity contribution in [3.8, 4) is 0 Å². The molecule has 96 valence electrons. The third-order valence-electron chi connectivity index (χ3n) is 3.69. The molecule has 6 nitrogen and oxygen atoms in total. The molecule has 1 heterocycles. The number of carboxylic acid groups (broad SMARTS) is 2. The molecule has 1 saturated heterocycles. The number of quaternary nitrogens is 1. The first kappa shape index (κ1) is 13.6. The van der Waals surface area contributed by atoms with Gasteiger partial charge in [0, 0.05) is 13.3 Å². The van der Waals surface area contributed by atoms with Crippen LogP contribution in [0.4, 0.5) is 4.79 Å². The Morgan fingerprint density at radius 3 is 2.00 bits per heavy atom. The quantitative estimate of drug-likeness (QED) is 0.681. The number of carbonyl (C=O) groups excluding carboxylic acids is 1. The Labute approximate surface area is 99.4 Å². The maximum absolute atomic E-state index is 12.0. The summed E-state index contributed by atoms with van der Waals surface area (Å²) in [6.45, 7) is 6.06. The summed E-state index contributed by atoms with van der Waals surface area (Å²) in [6, 6.07) is 0. The highest BCUT2D eigenvalue weighted by molar-refractivity contribution is 5.91. The first-order valence-electron chi connectivity index (χ1n) is 5.41. The second kappa shape index (κ2) is 3.53. The van der Waals surface area contributed by atoms with Crippen molar-refractivity contribution in [2.75, 3.05) is 0 Å². The highest BCUT2D eigenvalue weighted by Gasteiger charge is 2.72. The molecule has 0 aromatic carbocycles. The number of amides is 2. The largest absolute Gasteiger partial charge is 0.522 e. The zero-order chi connectivity index (χ0) is 13.6. The zero-order valence-corrected chi connectivity index (χ0v) is 10.5. The van der Waals surface area contributed by atoms with Crippen LogP contribution in [0.25, 0.3) is 0 Å². The molecule has 0 radical (unpaired) electrons. The van der Waals surface area contributed by atoms with Crippen LogP contribution in [-0.4, -0.2) is 43.7 Å². The Kier molecular flexibility index (Phi) is 2.83. The van der Waals surface area contributed by atoms with Crippen LogP contribution in [0.5, 0.6) is 0 Å². The van der Waals surface area contributed by atoms with Gasteiger partial charge in [-0.1, -0.05) is 0 Å². The van der Waals surface area contributed by atoms with E-state index < -0.39 is 33.5 Å². The van der Waals surface area contributed by atoms with Gasteiger partial charge in [-0.3, -0.25) is 0 Å². The predicted molar refractivity (Wildman–Crippen MR) is 58.3 cm³/mol. The molecular weight excluding hydrogens is 226 g/mol. The molecule has 0 spiro atoms. The molecule has 1 aliphatic rings. The molecule has 0 saturated carbocycles. The van der Waals surface area contributed by atoms with E-state index in [0.29, 0.717) is 0 Å². The number of carbonyl (C=O) groups is 3. The van der Waals surface area contributed by atoms with Gasteiger partial charge >= 0.3 is 18.0 Å². The number of hydrogen-bond donors (Lipinski definition) is 2. The second-order valence-electron chi connectivity index (χ2n) is 5.60. The van der Waals surface area contributed by atoms with Gasteiger partial charge in [-0.15, -0.1) is 4.48 Å². The molecule has 1 rings (SSSR count). The van der Waals surface area contributed by atoms with Crippen molar-refractivity contribution in [3.63, 3.8) is 0 Å². The minimum atomic E-state index is -1.61. The van der Waals surface area contributed by atoms with Gasteiger partial charge in [-0.2, -0.15) is 4.79 Å². The summed E-state index contributed by atoms with van der Waals surface area (Å²) in [5, 5.41) is 18.7. The maximum atomic E-state index is 12.0. The molecule has 6 heteroatoms. The first-order valence-corrected chi connectivity index (χ1v) is 5.41. The summed E-state index contributed by atoms with van der Waals surface area (Å²) >= 11 is 0. The number of aliphatic carboxylic acids is 1. The van der Waals surface area contributed by atoms with Gasteiger partial charge in [0.1, 0.15) is 5.54 Å². The molecule has 0 bridgehead atoms. The monoisotopic (exact) mass is 244 g/mol. The van der Waals surface area contributed by atoms with Crippen LogP contribution in [0.1, 0.15) is 40.5 Å². The molecule has 1 aliphatic heterocycles. The lowest BCUT2D eigenvalue weighted by atomic mass is 9.90. The highest BCUT2D eigenvalue weighted by atomic mass is 16.4. The first-order chi connectivity index (χ1) is 7.51. The van der Waals surface area contributed by atoms with Crippen LogP contribution in [-0.2, 0) is 9.59 Å². The normalized spacial score (nSPS) is 33.8. The molecule has 2 amide bonds. The minimum absolute atomic E-state index is 0.0215. The van der Waals surface area contributed by atoms with Gasteiger partial charge < -0.3 is 10.2 Å². The molecule has 0 unspecified atom stereocenters. The summed E-state index contributed by atoms with van der Waals surface area (Å²) in [7, 11) is 0. The molecular formula is C11H18NO5+. The lowest BCUT2D eigenvalue weighted by Crippen LogP contribution is -2.74. The van der Waals surface area contributed by atoms with Gasteiger partial charge in [-0.05, 0) is 20.8 Å². The number of nitrogens with zero attached hydrogens (tertiary/aromatic N) is 1. The molecule has 2 atom stereocenters. The Balaban J connectivity index is 3.61. The van der Waals surface area contributed by atoms with E-state index in [0.717, 1.165) is 0 Å². The molecule has 1 fully saturated rings. The Hall–Kier alpha value is -1.43. The van der Waals surface area contributed by atoms with E-state index in [4.69, 9.17) is 0 Å². The van der Waals surface area contributed by atoms with Crippen LogP contribution in [0.15, 0.2) is 0 Å². The van der Waals surface area contributed by atoms with Gasteiger partial charge in [0.05, 0.1) is 6.42 Å². The van der Waals surface area contributed by atoms with Crippen LogP contribution in [0.3, 0.4) is 0 Å². The van der Waals surface area contributed by atoms with Gasteiger partial charge in [0.25, 0.3) is 0 Å². The summed E-state index contributed by atoms with van der Waals surface area (Å²) in [5.41, 5.74) is -2.62. The second-order valence-corrected chi connectivity index (χ2v) is 5.60. The lowest BCUT2D eigenvalue weighted by molar-refractivity contribution is -0.863. The fourth-order valence-electron chi connectivity index (χ4n) is 2.93. The van der Waals surface area contributed by atoms with Crippen LogP contribution < -0.4 is 0 Å². The average Bonchev–Trinajstić information content (AvgIpc) is 2.39. The number of carboxylic acids is 1. The average molecular weight is 244 g/mol. The van der Waals surface area contributed by atoms with Crippen LogP contribution >= 0.6 is 0 Å². The van der Waals surface area contributed by atoms with E-state index in [1.54, 1.807) is 20.8 Å². The van der Waals surface area contributed by atoms with Crippen molar-refractivity contribution in [1.82, 2.24) is 0 Å². The van der Waals surface area contributed by atoms with Gasteiger partial charge in [0.2, 0.25) is 5.54 Å². The van der Waals surface area contributed by atoms with Crippen molar-refractivity contribution in [2.45, 2.75) is 51.6 Å². The SMILES string of the molecule is CC(C)(C)[N@@+]1(C(=O)O)C(=O)CC[C@@]1(C)C(=O)O. The van der Waals surface area contributed by atoms with E-state index in [2.05, 4.69) is 0 Å². The molecule has 0 aromatic heterocycles. The lowest BCUT2D eigenvalue weighted by Gasteiger charge is -2.45. The van der Waals surface area contributed by atoms with E-state index in [1.807, 2.05) is 0 Å². The third kappa shape index (κ3) is 1.40. The van der Waals surface area contributed by atoms with E-state index in [9.17, 15) is 24.6 Å². The smallest absolute Gasteiger partial charge is 0.477 e. The number of hydrogen-bond acceptors (Lipinski definition) is 3. The van der Waals surface area contributed by atoms with Crippen molar-refractivity contribution in [3.05, 3.63) is 0 Å². The van der Waals surface area contributed by atoms with Gasteiger partial charge in [-0.25, -0.2) is 9.59 Å². The number of rotatable bonds is 1. The fraction of sp³-hybridized carbons (Fsp3) is 0.727. The fourth-order valence-corrected chi connectivity index (χ4v) is 2.93. The summed E-state index contributed by atoms with van der Waals surface area (Å²) in [4.78, 5) is 35.0.